The average Bonchev–Trinajstić information content (AvgIpc) is 3.43. The highest BCUT2D eigenvalue weighted by Crippen LogP contribution is 2.35. The molecule has 2 aliphatic heterocycles. The van der Waals surface area contributed by atoms with Crippen molar-refractivity contribution in [2.24, 2.45) is 0 Å². The van der Waals surface area contributed by atoms with Crippen LogP contribution >= 0.6 is 0 Å². The molecular weight excluding hydrogens is 378 g/mol. The van der Waals surface area contributed by atoms with Gasteiger partial charge in [0.05, 0.1) is 29.9 Å². The molecule has 4 aromatic rings. The number of hydrogen-bond acceptors (Lipinski definition) is 6. The van der Waals surface area contributed by atoms with Gasteiger partial charge >= 0.3 is 0 Å². The Balaban J connectivity index is 1.32. The van der Waals surface area contributed by atoms with Crippen molar-refractivity contribution in [1.82, 2.24) is 34.8 Å². The van der Waals surface area contributed by atoms with E-state index < -0.39 is 0 Å². The summed E-state index contributed by atoms with van der Waals surface area (Å²) in [6, 6.07) is 8.99. The topological polar surface area (TPSA) is 93.7 Å². The smallest absolute Gasteiger partial charge is 0.180 e. The number of nitrogens with one attached hydrogen (secondary N) is 1. The zero-order valence-corrected chi connectivity index (χ0v) is 16.5. The van der Waals surface area contributed by atoms with E-state index in [0.29, 0.717) is 29.4 Å². The lowest BCUT2D eigenvalue weighted by Gasteiger charge is -2.40. The first-order chi connectivity index (χ1) is 14.7. The van der Waals surface area contributed by atoms with E-state index in [4.69, 9.17) is 0 Å². The third kappa shape index (κ3) is 2.95. The first kappa shape index (κ1) is 17.6. The number of piperidine rings is 2. The van der Waals surface area contributed by atoms with Gasteiger partial charge in [-0.25, -0.2) is 9.67 Å². The van der Waals surface area contributed by atoms with Crippen LogP contribution in [-0.2, 0) is 0 Å². The first-order valence-electron chi connectivity index (χ1n) is 10.5. The van der Waals surface area contributed by atoms with Gasteiger partial charge in [-0.05, 0) is 43.9 Å². The summed E-state index contributed by atoms with van der Waals surface area (Å²) >= 11 is 0. The number of nitrogens with zero attached hydrogens (tertiary/aromatic N) is 6. The van der Waals surface area contributed by atoms with Crippen molar-refractivity contribution in [1.29, 1.82) is 0 Å². The van der Waals surface area contributed by atoms with Crippen molar-refractivity contribution in [2.75, 3.05) is 0 Å². The van der Waals surface area contributed by atoms with Gasteiger partial charge in [0, 0.05) is 41.5 Å². The Kier molecular flexibility index (Phi) is 4.05. The molecule has 2 aliphatic rings. The number of fused-ring (bicyclic) bond motifs is 3. The molecule has 0 spiro atoms. The predicted octanol–water partition coefficient (Wildman–Crippen LogP) is 3.23. The molecule has 2 bridgehead atoms. The second kappa shape index (κ2) is 6.91. The van der Waals surface area contributed by atoms with Crippen molar-refractivity contribution < 1.29 is 5.11 Å². The van der Waals surface area contributed by atoms with Gasteiger partial charge in [0.2, 0.25) is 0 Å². The molecule has 3 aromatic heterocycles. The fourth-order valence-corrected chi connectivity index (χ4v) is 4.99. The summed E-state index contributed by atoms with van der Waals surface area (Å²) < 4.78 is 3.90. The maximum Gasteiger partial charge on any atom is 0.180 e. The van der Waals surface area contributed by atoms with Crippen molar-refractivity contribution in [3.63, 3.8) is 0 Å². The van der Waals surface area contributed by atoms with E-state index in [1.807, 2.05) is 35.2 Å². The van der Waals surface area contributed by atoms with Crippen molar-refractivity contribution in [2.45, 2.75) is 50.2 Å². The summed E-state index contributed by atoms with van der Waals surface area (Å²) in [5.41, 5.74) is 2.95. The molecule has 2 saturated heterocycles. The molecule has 2 N–H and O–H groups in total. The highest BCUT2D eigenvalue weighted by molar-refractivity contribution is 5.80. The van der Waals surface area contributed by atoms with Gasteiger partial charge < -0.3 is 15.0 Å². The molecule has 8 nitrogen and oxygen atoms in total. The summed E-state index contributed by atoms with van der Waals surface area (Å²) in [5.74, 6) is 0.161. The van der Waals surface area contributed by atoms with Crippen LogP contribution in [0, 0.1) is 0 Å². The van der Waals surface area contributed by atoms with Crippen LogP contribution in [0.25, 0.3) is 28.0 Å². The third-order valence-corrected chi connectivity index (χ3v) is 6.44. The summed E-state index contributed by atoms with van der Waals surface area (Å²) in [6.07, 6.45) is 13.1. The van der Waals surface area contributed by atoms with Crippen LogP contribution in [0.5, 0.6) is 5.75 Å². The molecule has 3 atom stereocenters. The van der Waals surface area contributed by atoms with Crippen LogP contribution < -0.4 is 5.32 Å². The fourth-order valence-electron chi connectivity index (χ4n) is 4.99. The minimum absolute atomic E-state index is 0.161. The summed E-state index contributed by atoms with van der Waals surface area (Å²) in [6.45, 7) is 0. The quantitative estimate of drug-likeness (QED) is 0.547. The molecule has 152 valence electrons. The van der Waals surface area contributed by atoms with Crippen LogP contribution in [0.2, 0.25) is 0 Å². The Morgan fingerprint density at radius 1 is 1.07 bits per heavy atom. The number of imidazole rings is 1. The molecule has 5 heterocycles. The molecule has 30 heavy (non-hydrogen) atoms. The summed E-state index contributed by atoms with van der Waals surface area (Å²) in [5, 5.41) is 28.9. The predicted molar refractivity (Wildman–Crippen MR) is 112 cm³/mol. The second-order valence-corrected chi connectivity index (χ2v) is 8.39. The number of aromatic nitrogens is 6. The zero-order valence-electron chi connectivity index (χ0n) is 16.5. The van der Waals surface area contributed by atoms with Crippen LogP contribution in [0.3, 0.4) is 0 Å². The minimum Gasteiger partial charge on any atom is -0.507 e. The van der Waals surface area contributed by atoms with Gasteiger partial charge in [-0.2, -0.15) is 5.10 Å². The number of aromatic hydroxyl groups is 1. The van der Waals surface area contributed by atoms with E-state index in [2.05, 4.69) is 30.3 Å². The van der Waals surface area contributed by atoms with Gasteiger partial charge in [-0.1, -0.05) is 6.42 Å². The van der Waals surface area contributed by atoms with E-state index in [1.54, 1.807) is 18.6 Å². The molecule has 1 unspecified atom stereocenters. The highest BCUT2D eigenvalue weighted by Gasteiger charge is 2.33. The molecule has 2 fully saturated rings. The van der Waals surface area contributed by atoms with E-state index in [9.17, 15) is 5.11 Å². The molecule has 8 heteroatoms. The van der Waals surface area contributed by atoms with Gasteiger partial charge in [-0.3, -0.25) is 0 Å². The Bertz CT molecular complexity index is 1190. The van der Waals surface area contributed by atoms with Gasteiger partial charge in [0.15, 0.2) is 5.65 Å². The molecular formula is C22H23N7O. The number of rotatable bonds is 3. The molecule has 0 radical (unpaired) electrons. The number of phenols is 1. The highest BCUT2D eigenvalue weighted by atomic mass is 16.3. The zero-order chi connectivity index (χ0) is 20.1. The third-order valence-electron chi connectivity index (χ3n) is 6.44. The maximum atomic E-state index is 10.6. The van der Waals surface area contributed by atoms with Crippen LogP contribution in [0.1, 0.15) is 38.1 Å². The lowest BCUT2D eigenvalue weighted by molar-refractivity contribution is 0.182. The van der Waals surface area contributed by atoms with E-state index in [1.165, 1.54) is 19.3 Å². The Morgan fingerprint density at radius 3 is 2.70 bits per heavy atom. The normalized spacial score (nSPS) is 23.7. The van der Waals surface area contributed by atoms with E-state index >= 15 is 0 Å². The monoisotopic (exact) mass is 401 g/mol. The Morgan fingerprint density at radius 2 is 1.93 bits per heavy atom. The van der Waals surface area contributed by atoms with Gasteiger partial charge in [0.25, 0.3) is 0 Å². The minimum atomic E-state index is 0.161. The molecule has 0 aliphatic carbocycles. The SMILES string of the molecule is Oc1cc(-n2ccnc2)ccc1-c1cc2cnn([C@@H]3CC4CCC[C@@H](C3)N4)c2nn1. The molecule has 1 aromatic carbocycles. The Hall–Kier alpha value is -3.26. The summed E-state index contributed by atoms with van der Waals surface area (Å²) in [4.78, 5) is 4.05. The van der Waals surface area contributed by atoms with E-state index in [-0.39, 0.29) is 5.75 Å². The van der Waals surface area contributed by atoms with Crippen LogP contribution in [0.4, 0.5) is 0 Å². The van der Waals surface area contributed by atoms with Crippen molar-refractivity contribution >= 4 is 11.0 Å². The first-order valence-corrected chi connectivity index (χ1v) is 10.5. The molecule has 6 rings (SSSR count). The fraction of sp³-hybridized carbons (Fsp3) is 0.364. The van der Waals surface area contributed by atoms with E-state index in [0.717, 1.165) is 29.6 Å². The average molecular weight is 401 g/mol. The van der Waals surface area contributed by atoms with Gasteiger partial charge in [-0.15, -0.1) is 10.2 Å². The largest absolute Gasteiger partial charge is 0.507 e. The Labute approximate surface area is 173 Å². The second-order valence-electron chi connectivity index (χ2n) is 8.39. The number of benzene rings is 1. The summed E-state index contributed by atoms with van der Waals surface area (Å²) in [7, 11) is 0. The van der Waals surface area contributed by atoms with Crippen LogP contribution in [-0.4, -0.2) is 46.7 Å². The number of hydrogen-bond donors (Lipinski definition) is 2. The molecule has 0 amide bonds. The maximum absolute atomic E-state index is 10.6. The number of phenolic OH excluding ortho intramolecular Hbond substituents is 1. The molecule has 0 saturated carbocycles. The lowest BCUT2D eigenvalue weighted by atomic mass is 9.84. The van der Waals surface area contributed by atoms with Crippen molar-refractivity contribution in [3.05, 3.63) is 49.2 Å². The standard InChI is InChI=1S/C22H23N7O/c30-21-11-17(28-7-6-23-13-28)4-5-19(21)20-8-14-12-24-29(22(14)27-26-20)18-9-15-2-1-3-16(10-18)25-15/h4-8,11-13,15-16,18,25,30H,1-3,9-10H2/t15-,16?,18-/m0/s1. The van der Waals surface area contributed by atoms with Gasteiger partial charge in [0.1, 0.15) is 5.75 Å². The van der Waals surface area contributed by atoms with Crippen molar-refractivity contribution in [3.8, 4) is 22.7 Å². The lowest BCUT2D eigenvalue weighted by Crippen LogP contribution is -2.49. The van der Waals surface area contributed by atoms with Crippen LogP contribution in [0.15, 0.2) is 49.2 Å².